The molecule has 2 aliphatic heterocycles. The smallest absolute Gasteiger partial charge is 0.283 e. The summed E-state index contributed by atoms with van der Waals surface area (Å²) in [5, 5.41) is 0. The standard InChI is InChI=1S/C9H15ClO3/c10-6-8-7-12-9(13-8)4-2-1-3-5-11-9/h8H,1-7H2. The van der Waals surface area contributed by atoms with Crippen LogP contribution < -0.4 is 0 Å². The van der Waals surface area contributed by atoms with Gasteiger partial charge in [0.2, 0.25) is 0 Å². The van der Waals surface area contributed by atoms with Gasteiger partial charge in [0.15, 0.2) is 0 Å². The van der Waals surface area contributed by atoms with Crippen LogP contribution in [0, 0.1) is 0 Å². The van der Waals surface area contributed by atoms with E-state index in [2.05, 4.69) is 0 Å². The lowest BCUT2D eigenvalue weighted by molar-refractivity contribution is -0.335. The maximum absolute atomic E-state index is 5.69. The third kappa shape index (κ3) is 2.15. The fourth-order valence-corrected chi connectivity index (χ4v) is 1.90. The zero-order chi connectivity index (χ0) is 9.15. The molecule has 2 aliphatic rings. The van der Waals surface area contributed by atoms with E-state index in [1.807, 2.05) is 0 Å². The molecule has 0 amide bonds. The van der Waals surface area contributed by atoms with Crippen LogP contribution in [0.3, 0.4) is 0 Å². The van der Waals surface area contributed by atoms with Gasteiger partial charge in [0, 0.05) is 6.42 Å². The van der Waals surface area contributed by atoms with E-state index in [0.717, 1.165) is 25.9 Å². The maximum atomic E-state index is 5.69. The van der Waals surface area contributed by atoms with Gasteiger partial charge in [0.1, 0.15) is 6.10 Å². The van der Waals surface area contributed by atoms with Crippen molar-refractivity contribution in [2.75, 3.05) is 19.1 Å². The monoisotopic (exact) mass is 206 g/mol. The Labute approximate surface area is 83.3 Å². The molecule has 2 saturated heterocycles. The van der Waals surface area contributed by atoms with Crippen molar-refractivity contribution in [1.29, 1.82) is 0 Å². The summed E-state index contributed by atoms with van der Waals surface area (Å²) in [6, 6.07) is 0. The van der Waals surface area contributed by atoms with Crippen molar-refractivity contribution in [3.05, 3.63) is 0 Å². The van der Waals surface area contributed by atoms with Gasteiger partial charge >= 0.3 is 0 Å². The van der Waals surface area contributed by atoms with Crippen LogP contribution in [0.15, 0.2) is 0 Å². The second-order valence-electron chi connectivity index (χ2n) is 3.55. The number of halogens is 1. The quantitative estimate of drug-likeness (QED) is 0.614. The summed E-state index contributed by atoms with van der Waals surface area (Å²) in [5.41, 5.74) is 0. The van der Waals surface area contributed by atoms with E-state index >= 15 is 0 Å². The fraction of sp³-hybridized carbons (Fsp3) is 1.00. The van der Waals surface area contributed by atoms with Gasteiger partial charge in [-0.25, -0.2) is 0 Å². The van der Waals surface area contributed by atoms with E-state index in [4.69, 9.17) is 25.8 Å². The van der Waals surface area contributed by atoms with E-state index in [1.165, 1.54) is 6.42 Å². The number of hydrogen-bond donors (Lipinski definition) is 0. The number of rotatable bonds is 1. The maximum Gasteiger partial charge on any atom is 0.283 e. The van der Waals surface area contributed by atoms with Gasteiger partial charge in [0.25, 0.3) is 5.97 Å². The summed E-state index contributed by atoms with van der Waals surface area (Å²) in [5.74, 6) is -0.277. The Balaban J connectivity index is 1.95. The van der Waals surface area contributed by atoms with Crippen molar-refractivity contribution in [2.45, 2.75) is 37.8 Å². The Bertz CT molecular complexity index is 166. The number of ether oxygens (including phenoxy) is 3. The molecule has 76 valence electrons. The minimum absolute atomic E-state index is 0.000216. The van der Waals surface area contributed by atoms with Gasteiger partial charge in [-0.1, -0.05) is 6.42 Å². The van der Waals surface area contributed by atoms with Gasteiger partial charge in [-0.3, -0.25) is 0 Å². The van der Waals surface area contributed by atoms with Crippen molar-refractivity contribution in [2.24, 2.45) is 0 Å². The Morgan fingerprint density at radius 3 is 2.92 bits per heavy atom. The predicted molar refractivity (Wildman–Crippen MR) is 48.7 cm³/mol. The molecule has 0 radical (unpaired) electrons. The summed E-state index contributed by atoms with van der Waals surface area (Å²) in [7, 11) is 0. The molecule has 0 aromatic heterocycles. The summed E-state index contributed by atoms with van der Waals surface area (Å²) in [4.78, 5) is 0. The fourth-order valence-electron chi connectivity index (χ4n) is 1.74. The first-order valence-electron chi connectivity index (χ1n) is 4.86. The molecule has 0 saturated carbocycles. The molecular formula is C9H15ClO3. The van der Waals surface area contributed by atoms with Gasteiger partial charge in [-0.05, 0) is 12.8 Å². The van der Waals surface area contributed by atoms with Gasteiger partial charge < -0.3 is 14.2 Å². The average Bonchev–Trinajstić information content (AvgIpc) is 2.40. The third-order valence-corrected chi connectivity index (χ3v) is 2.80. The molecule has 0 aromatic carbocycles. The van der Waals surface area contributed by atoms with Crippen LogP contribution in [0.1, 0.15) is 25.7 Å². The van der Waals surface area contributed by atoms with Crippen molar-refractivity contribution in [3.63, 3.8) is 0 Å². The summed E-state index contributed by atoms with van der Waals surface area (Å²) >= 11 is 5.69. The van der Waals surface area contributed by atoms with Crippen LogP contribution in [-0.4, -0.2) is 31.2 Å². The highest BCUT2D eigenvalue weighted by Crippen LogP contribution is 2.33. The second kappa shape index (κ2) is 4.13. The molecule has 2 fully saturated rings. The zero-order valence-electron chi connectivity index (χ0n) is 7.63. The summed E-state index contributed by atoms with van der Waals surface area (Å²) < 4.78 is 16.8. The molecule has 2 unspecified atom stereocenters. The molecule has 0 aromatic rings. The Morgan fingerprint density at radius 1 is 1.23 bits per heavy atom. The predicted octanol–water partition coefficient (Wildman–Crippen LogP) is 1.89. The number of hydrogen-bond acceptors (Lipinski definition) is 3. The molecule has 2 rings (SSSR count). The van der Waals surface area contributed by atoms with Crippen LogP contribution in [-0.2, 0) is 14.2 Å². The van der Waals surface area contributed by atoms with Gasteiger partial charge in [0.05, 0.1) is 19.1 Å². The summed E-state index contributed by atoms with van der Waals surface area (Å²) in [6.45, 7) is 1.29. The van der Waals surface area contributed by atoms with E-state index in [9.17, 15) is 0 Å². The molecular weight excluding hydrogens is 192 g/mol. The Kier molecular flexibility index (Phi) is 3.09. The SMILES string of the molecule is ClCC1COC2(CCCCCO2)O1. The van der Waals surface area contributed by atoms with Crippen molar-refractivity contribution < 1.29 is 14.2 Å². The van der Waals surface area contributed by atoms with Crippen LogP contribution >= 0.6 is 11.6 Å². The molecule has 0 N–H and O–H groups in total. The lowest BCUT2D eigenvalue weighted by Crippen LogP contribution is -2.34. The molecule has 0 bridgehead atoms. The third-order valence-electron chi connectivity index (χ3n) is 2.46. The van der Waals surface area contributed by atoms with E-state index in [-0.39, 0.29) is 6.10 Å². The molecule has 1 spiro atoms. The first-order chi connectivity index (χ1) is 6.35. The second-order valence-corrected chi connectivity index (χ2v) is 3.86. The first kappa shape index (κ1) is 9.71. The molecule has 2 heterocycles. The minimum atomic E-state index is -0.754. The molecule has 13 heavy (non-hydrogen) atoms. The highest BCUT2D eigenvalue weighted by Gasteiger charge is 2.42. The van der Waals surface area contributed by atoms with Crippen molar-refractivity contribution >= 4 is 11.6 Å². The van der Waals surface area contributed by atoms with Crippen molar-refractivity contribution in [3.8, 4) is 0 Å². The lowest BCUT2D eigenvalue weighted by Gasteiger charge is -2.25. The van der Waals surface area contributed by atoms with Gasteiger partial charge in [-0.2, -0.15) is 0 Å². The van der Waals surface area contributed by atoms with Crippen LogP contribution in [0.2, 0.25) is 0 Å². The Hall–Kier alpha value is 0.170. The van der Waals surface area contributed by atoms with Crippen LogP contribution in [0.25, 0.3) is 0 Å². The van der Waals surface area contributed by atoms with Crippen LogP contribution in [0.5, 0.6) is 0 Å². The molecule has 0 aliphatic carbocycles. The highest BCUT2D eigenvalue weighted by molar-refractivity contribution is 6.18. The largest absolute Gasteiger partial charge is 0.327 e. The highest BCUT2D eigenvalue weighted by atomic mass is 35.5. The minimum Gasteiger partial charge on any atom is -0.327 e. The molecule has 4 heteroatoms. The first-order valence-corrected chi connectivity index (χ1v) is 5.40. The van der Waals surface area contributed by atoms with Crippen LogP contribution in [0.4, 0.5) is 0 Å². The zero-order valence-corrected chi connectivity index (χ0v) is 8.39. The van der Waals surface area contributed by atoms with Crippen molar-refractivity contribution in [1.82, 2.24) is 0 Å². The molecule has 3 nitrogen and oxygen atoms in total. The molecule has 2 atom stereocenters. The van der Waals surface area contributed by atoms with E-state index < -0.39 is 5.97 Å². The lowest BCUT2D eigenvalue weighted by atomic mass is 10.2. The normalized spacial score (nSPS) is 40.8. The summed E-state index contributed by atoms with van der Waals surface area (Å²) in [6.07, 6.45) is 4.23. The number of alkyl halides is 1. The van der Waals surface area contributed by atoms with Gasteiger partial charge in [-0.15, -0.1) is 11.6 Å². The Morgan fingerprint density at radius 2 is 2.15 bits per heavy atom. The topological polar surface area (TPSA) is 27.7 Å². The average molecular weight is 207 g/mol. The van der Waals surface area contributed by atoms with E-state index in [1.54, 1.807) is 0 Å². The van der Waals surface area contributed by atoms with E-state index in [0.29, 0.717) is 12.5 Å².